The normalized spacial score (nSPS) is 22.7. The lowest BCUT2D eigenvalue weighted by Gasteiger charge is -2.20. The van der Waals surface area contributed by atoms with E-state index in [1.807, 2.05) is 6.07 Å². The Morgan fingerprint density at radius 2 is 2.24 bits per heavy atom. The van der Waals surface area contributed by atoms with Gasteiger partial charge in [0.05, 0.1) is 11.7 Å². The highest BCUT2D eigenvalue weighted by atomic mass is 19.1. The number of anilines is 1. The molecule has 0 saturated carbocycles. The first-order valence-corrected chi connectivity index (χ1v) is 6.15. The fraction of sp³-hybridized carbons (Fsp3) is 0.571. The Morgan fingerprint density at radius 1 is 1.47 bits per heavy atom. The molecule has 1 unspecified atom stereocenters. The lowest BCUT2D eigenvalue weighted by molar-refractivity contribution is -0.00911. The first-order valence-electron chi connectivity index (χ1n) is 6.15. The van der Waals surface area contributed by atoms with Gasteiger partial charge in [0.2, 0.25) is 0 Å². The minimum atomic E-state index is -0.164. The van der Waals surface area contributed by atoms with E-state index in [9.17, 15) is 4.39 Å². The summed E-state index contributed by atoms with van der Waals surface area (Å²) < 4.78 is 19.2. The third-order valence-corrected chi connectivity index (χ3v) is 3.34. The molecule has 0 aliphatic carbocycles. The van der Waals surface area contributed by atoms with Crippen LogP contribution < -0.4 is 5.32 Å². The van der Waals surface area contributed by atoms with Crippen LogP contribution in [-0.4, -0.2) is 18.2 Å². The first-order chi connectivity index (χ1) is 7.98. The molecule has 1 N–H and O–H groups in total. The van der Waals surface area contributed by atoms with Gasteiger partial charge in [-0.25, -0.2) is 4.39 Å². The van der Waals surface area contributed by atoms with E-state index in [0.29, 0.717) is 5.56 Å². The summed E-state index contributed by atoms with van der Waals surface area (Å²) in [4.78, 5) is 0. The minimum Gasteiger partial charge on any atom is -0.382 e. The van der Waals surface area contributed by atoms with Gasteiger partial charge in [-0.1, -0.05) is 6.07 Å². The summed E-state index contributed by atoms with van der Waals surface area (Å²) in [5, 5.41) is 3.27. The maximum atomic E-state index is 13.3. The van der Waals surface area contributed by atoms with Crippen LogP contribution in [0.25, 0.3) is 0 Å². The lowest BCUT2D eigenvalue weighted by atomic mass is 10.1. The fourth-order valence-electron chi connectivity index (χ4n) is 2.24. The van der Waals surface area contributed by atoms with Crippen molar-refractivity contribution >= 4 is 5.69 Å². The second-order valence-corrected chi connectivity index (χ2v) is 5.33. The number of rotatable bonds is 3. The molecule has 94 valence electrons. The van der Waals surface area contributed by atoms with Crippen molar-refractivity contribution in [3.63, 3.8) is 0 Å². The van der Waals surface area contributed by atoms with Crippen molar-refractivity contribution in [1.82, 2.24) is 0 Å². The summed E-state index contributed by atoms with van der Waals surface area (Å²) >= 11 is 0. The molecule has 0 aromatic heterocycles. The van der Waals surface area contributed by atoms with E-state index in [4.69, 9.17) is 4.74 Å². The molecular formula is C14H20FNO. The molecule has 1 aliphatic heterocycles. The monoisotopic (exact) mass is 237 g/mol. The molecule has 1 heterocycles. The maximum absolute atomic E-state index is 13.3. The zero-order valence-corrected chi connectivity index (χ0v) is 10.7. The van der Waals surface area contributed by atoms with Crippen molar-refractivity contribution in [3.05, 3.63) is 29.6 Å². The Balaban J connectivity index is 1.93. The number of halogens is 1. The van der Waals surface area contributed by atoms with E-state index >= 15 is 0 Å². The number of nitrogens with one attached hydrogen (secondary N) is 1. The van der Waals surface area contributed by atoms with Crippen molar-refractivity contribution < 1.29 is 9.13 Å². The highest BCUT2D eigenvalue weighted by Gasteiger charge is 2.31. The first kappa shape index (κ1) is 12.4. The Hall–Kier alpha value is -1.09. The van der Waals surface area contributed by atoms with E-state index in [1.54, 1.807) is 13.0 Å². The third kappa shape index (κ3) is 2.97. The van der Waals surface area contributed by atoms with Crippen molar-refractivity contribution in [2.24, 2.45) is 0 Å². The van der Waals surface area contributed by atoms with E-state index in [0.717, 1.165) is 25.1 Å². The van der Waals surface area contributed by atoms with E-state index in [-0.39, 0.29) is 17.5 Å². The molecule has 17 heavy (non-hydrogen) atoms. The minimum absolute atomic E-state index is 0.0106. The van der Waals surface area contributed by atoms with E-state index in [2.05, 4.69) is 19.2 Å². The van der Waals surface area contributed by atoms with Crippen LogP contribution >= 0.6 is 0 Å². The number of benzene rings is 1. The smallest absolute Gasteiger partial charge is 0.128 e. The average Bonchev–Trinajstić information content (AvgIpc) is 2.61. The van der Waals surface area contributed by atoms with Crippen LogP contribution in [0.4, 0.5) is 10.1 Å². The predicted molar refractivity (Wildman–Crippen MR) is 67.8 cm³/mol. The summed E-state index contributed by atoms with van der Waals surface area (Å²) in [7, 11) is 0. The van der Waals surface area contributed by atoms with Gasteiger partial charge in [0, 0.05) is 17.8 Å². The van der Waals surface area contributed by atoms with Crippen molar-refractivity contribution in [2.45, 2.75) is 45.3 Å². The highest BCUT2D eigenvalue weighted by Crippen LogP contribution is 2.29. The van der Waals surface area contributed by atoms with E-state index < -0.39 is 0 Å². The molecule has 2 rings (SSSR count). The largest absolute Gasteiger partial charge is 0.382 e. The van der Waals surface area contributed by atoms with Gasteiger partial charge in [-0.15, -0.1) is 0 Å². The molecule has 2 nitrogen and oxygen atoms in total. The Labute approximate surface area is 102 Å². The molecule has 0 bridgehead atoms. The fourth-order valence-corrected chi connectivity index (χ4v) is 2.24. The molecular weight excluding hydrogens is 217 g/mol. The number of hydrogen-bond donors (Lipinski definition) is 1. The average molecular weight is 237 g/mol. The summed E-state index contributed by atoms with van der Waals surface area (Å²) in [6.45, 7) is 6.76. The van der Waals surface area contributed by atoms with Gasteiger partial charge in [-0.2, -0.15) is 0 Å². The Morgan fingerprint density at radius 3 is 2.88 bits per heavy atom. The van der Waals surface area contributed by atoms with Crippen LogP contribution in [0.1, 0.15) is 32.3 Å². The maximum Gasteiger partial charge on any atom is 0.128 e. The topological polar surface area (TPSA) is 21.3 Å². The van der Waals surface area contributed by atoms with Crippen LogP contribution in [0.15, 0.2) is 18.2 Å². The Bertz CT molecular complexity index is 403. The van der Waals surface area contributed by atoms with Gasteiger partial charge in [0.25, 0.3) is 0 Å². The third-order valence-electron chi connectivity index (χ3n) is 3.34. The quantitative estimate of drug-likeness (QED) is 0.868. The number of ether oxygens (including phenoxy) is 1. The van der Waals surface area contributed by atoms with Gasteiger partial charge >= 0.3 is 0 Å². The molecule has 1 aromatic rings. The summed E-state index contributed by atoms with van der Waals surface area (Å²) in [6.07, 6.45) is 2.38. The van der Waals surface area contributed by atoms with Crippen LogP contribution in [-0.2, 0) is 4.74 Å². The zero-order chi connectivity index (χ0) is 12.5. The van der Waals surface area contributed by atoms with Gasteiger partial charge in [0.1, 0.15) is 5.82 Å². The molecule has 1 saturated heterocycles. The van der Waals surface area contributed by atoms with Crippen LogP contribution in [0.2, 0.25) is 0 Å². The Kier molecular flexibility index (Phi) is 3.38. The number of hydrogen-bond acceptors (Lipinski definition) is 2. The standard InChI is InChI=1S/C14H20FNO/c1-10-12(15)5-4-6-13(10)16-9-11-7-8-14(2,3)17-11/h4-6,11,16H,7-9H2,1-3H3. The van der Waals surface area contributed by atoms with Crippen molar-refractivity contribution in [3.8, 4) is 0 Å². The molecule has 1 aromatic carbocycles. The molecule has 1 fully saturated rings. The molecule has 0 amide bonds. The zero-order valence-electron chi connectivity index (χ0n) is 10.7. The molecule has 3 heteroatoms. The van der Waals surface area contributed by atoms with Gasteiger partial charge < -0.3 is 10.1 Å². The van der Waals surface area contributed by atoms with Gasteiger partial charge in [-0.3, -0.25) is 0 Å². The highest BCUT2D eigenvalue weighted by molar-refractivity contribution is 5.51. The SMILES string of the molecule is Cc1c(F)cccc1NCC1CCC(C)(C)O1. The predicted octanol–water partition coefficient (Wildman–Crippen LogP) is 3.50. The van der Waals surface area contributed by atoms with Crippen LogP contribution in [0.3, 0.4) is 0 Å². The van der Waals surface area contributed by atoms with Crippen molar-refractivity contribution in [1.29, 1.82) is 0 Å². The molecule has 0 radical (unpaired) electrons. The second kappa shape index (κ2) is 4.65. The second-order valence-electron chi connectivity index (χ2n) is 5.33. The summed E-state index contributed by atoms with van der Waals surface area (Å²) in [5.74, 6) is -0.164. The summed E-state index contributed by atoms with van der Waals surface area (Å²) in [6, 6.07) is 5.11. The molecule has 1 aliphatic rings. The summed E-state index contributed by atoms with van der Waals surface area (Å²) in [5.41, 5.74) is 1.52. The van der Waals surface area contributed by atoms with Crippen LogP contribution in [0.5, 0.6) is 0 Å². The van der Waals surface area contributed by atoms with Crippen molar-refractivity contribution in [2.75, 3.05) is 11.9 Å². The van der Waals surface area contributed by atoms with Gasteiger partial charge in [0.15, 0.2) is 0 Å². The van der Waals surface area contributed by atoms with E-state index in [1.165, 1.54) is 6.07 Å². The van der Waals surface area contributed by atoms with Crippen LogP contribution in [0, 0.1) is 12.7 Å². The lowest BCUT2D eigenvalue weighted by Crippen LogP contribution is -2.25. The molecule has 0 spiro atoms. The molecule has 1 atom stereocenters. The van der Waals surface area contributed by atoms with Gasteiger partial charge in [-0.05, 0) is 45.7 Å².